The van der Waals surface area contributed by atoms with Crippen molar-refractivity contribution in [3.8, 4) is 0 Å². The number of benzene rings is 1. The summed E-state index contributed by atoms with van der Waals surface area (Å²) < 4.78 is 0. The standard InChI is InChI=1S/C16H27N/c1-12(2)10-17-11-14(4)15(5)16-8-6-13(3)7-9-16/h6-9,12,14-15,17H,10-11H2,1-5H3. The smallest absolute Gasteiger partial charge is 0.00173 e. The lowest BCUT2D eigenvalue weighted by atomic mass is 9.88. The zero-order chi connectivity index (χ0) is 12.8. The molecule has 0 heterocycles. The highest BCUT2D eigenvalue weighted by Crippen LogP contribution is 2.23. The average molecular weight is 233 g/mol. The van der Waals surface area contributed by atoms with E-state index in [0.717, 1.165) is 19.0 Å². The van der Waals surface area contributed by atoms with Crippen LogP contribution >= 0.6 is 0 Å². The fourth-order valence-corrected chi connectivity index (χ4v) is 1.98. The van der Waals surface area contributed by atoms with E-state index in [-0.39, 0.29) is 0 Å². The summed E-state index contributed by atoms with van der Waals surface area (Å²) in [5, 5.41) is 3.55. The van der Waals surface area contributed by atoms with E-state index in [2.05, 4.69) is 64.2 Å². The summed E-state index contributed by atoms with van der Waals surface area (Å²) in [5.74, 6) is 2.03. The Morgan fingerprint density at radius 2 is 1.53 bits per heavy atom. The normalized spacial score (nSPS) is 14.9. The second-order valence-corrected chi connectivity index (χ2v) is 5.73. The van der Waals surface area contributed by atoms with Gasteiger partial charge >= 0.3 is 0 Å². The van der Waals surface area contributed by atoms with Crippen LogP contribution in [0.4, 0.5) is 0 Å². The fourth-order valence-electron chi connectivity index (χ4n) is 1.98. The lowest BCUT2D eigenvalue weighted by molar-refractivity contribution is 0.428. The van der Waals surface area contributed by atoms with E-state index in [1.165, 1.54) is 11.1 Å². The van der Waals surface area contributed by atoms with Crippen LogP contribution in [0.15, 0.2) is 24.3 Å². The lowest BCUT2D eigenvalue weighted by Crippen LogP contribution is -2.27. The lowest BCUT2D eigenvalue weighted by Gasteiger charge is -2.21. The van der Waals surface area contributed by atoms with Gasteiger partial charge in [0.1, 0.15) is 0 Å². The summed E-state index contributed by atoms with van der Waals surface area (Å²) in [4.78, 5) is 0. The van der Waals surface area contributed by atoms with Gasteiger partial charge in [0, 0.05) is 0 Å². The Balaban J connectivity index is 2.45. The molecule has 0 saturated heterocycles. The molecule has 1 aromatic rings. The van der Waals surface area contributed by atoms with Gasteiger partial charge in [-0.25, -0.2) is 0 Å². The predicted molar refractivity (Wildman–Crippen MR) is 76.5 cm³/mol. The Morgan fingerprint density at radius 3 is 2.06 bits per heavy atom. The Kier molecular flexibility index (Phi) is 5.70. The van der Waals surface area contributed by atoms with Crippen molar-refractivity contribution >= 4 is 0 Å². The van der Waals surface area contributed by atoms with E-state index in [9.17, 15) is 0 Å². The van der Waals surface area contributed by atoms with Crippen molar-refractivity contribution in [2.24, 2.45) is 11.8 Å². The van der Waals surface area contributed by atoms with Crippen LogP contribution in [0.25, 0.3) is 0 Å². The van der Waals surface area contributed by atoms with Crippen LogP contribution in [0, 0.1) is 18.8 Å². The van der Waals surface area contributed by atoms with Crippen molar-refractivity contribution < 1.29 is 0 Å². The van der Waals surface area contributed by atoms with Crippen LogP contribution in [0.1, 0.15) is 44.7 Å². The van der Waals surface area contributed by atoms with E-state index in [1.54, 1.807) is 0 Å². The first-order chi connectivity index (χ1) is 8.00. The SMILES string of the molecule is Cc1ccc(C(C)C(C)CNCC(C)C)cc1. The maximum absolute atomic E-state index is 3.55. The van der Waals surface area contributed by atoms with Crippen LogP contribution in [0.5, 0.6) is 0 Å². The fraction of sp³-hybridized carbons (Fsp3) is 0.625. The van der Waals surface area contributed by atoms with Crippen LogP contribution < -0.4 is 5.32 Å². The minimum Gasteiger partial charge on any atom is -0.316 e. The molecule has 0 radical (unpaired) electrons. The zero-order valence-corrected chi connectivity index (χ0v) is 12.0. The van der Waals surface area contributed by atoms with E-state index < -0.39 is 0 Å². The second-order valence-electron chi connectivity index (χ2n) is 5.73. The number of hydrogen-bond donors (Lipinski definition) is 1. The number of nitrogens with one attached hydrogen (secondary N) is 1. The Labute approximate surface area is 107 Å². The summed E-state index contributed by atoms with van der Waals surface area (Å²) in [5.41, 5.74) is 2.79. The second kappa shape index (κ2) is 6.80. The van der Waals surface area contributed by atoms with Crippen molar-refractivity contribution in [3.63, 3.8) is 0 Å². The quantitative estimate of drug-likeness (QED) is 0.783. The number of rotatable bonds is 6. The molecule has 1 nitrogen and oxygen atoms in total. The van der Waals surface area contributed by atoms with Crippen molar-refractivity contribution in [1.29, 1.82) is 0 Å². The van der Waals surface area contributed by atoms with Gasteiger partial charge < -0.3 is 5.32 Å². The molecule has 2 unspecified atom stereocenters. The van der Waals surface area contributed by atoms with Crippen LogP contribution in [0.3, 0.4) is 0 Å². The highest BCUT2D eigenvalue weighted by atomic mass is 14.9. The number of aryl methyl sites for hydroxylation is 1. The minimum absolute atomic E-state index is 0.621. The molecule has 1 rings (SSSR count). The van der Waals surface area contributed by atoms with Crippen molar-refractivity contribution in [2.45, 2.75) is 40.5 Å². The van der Waals surface area contributed by atoms with Crippen LogP contribution in [0.2, 0.25) is 0 Å². The van der Waals surface area contributed by atoms with Crippen LogP contribution in [-0.4, -0.2) is 13.1 Å². The van der Waals surface area contributed by atoms with Gasteiger partial charge in [0.15, 0.2) is 0 Å². The molecule has 17 heavy (non-hydrogen) atoms. The summed E-state index contributed by atoms with van der Waals surface area (Å²) in [6.45, 7) is 13.5. The molecule has 0 bridgehead atoms. The molecule has 0 saturated carbocycles. The predicted octanol–water partition coefficient (Wildman–Crippen LogP) is 3.98. The molecule has 0 aliphatic rings. The Morgan fingerprint density at radius 1 is 0.941 bits per heavy atom. The molecule has 0 aliphatic carbocycles. The molecule has 96 valence electrons. The maximum atomic E-state index is 3.55. The number of hydrogen-bond acceptors (Lipinski definition) is 1. The van der Waals surface area contributed by atoms with Crippen molar-refractivity contribution in [2.75, 3.05) is 13.1 Å². The third-order valence-corrected chi connectivity index (χ3v) is 3.48. The molecular formula is C16H27N. The van der Waals surface area contributed by atoms with Gasteiger partial charge in [0.25, 0.3) is 0 Å². The van der Waals surface area contributed by atoms with Gasteiger partial charge in [-0.15, -0.1) is 0 Å². The summed E-state index contributed by atoms with van der Waals surface area (Å²) >= 11 is 0. The molecular weight excluding hydrogens is 206 g/mol. The largest absolute Gasteiger partial charge is 0.316 e. The molecule has 2 atom stereocenters. The first kappa shape index (κ1) is 14.2. The molecule has 0 aliphatic heterocycles. The Bertz CT molecular complexity index is 313. The van der Waals surface area contributed by atoms with Gasteiger partial charge in [0.2, 0.25) is 0 Å². The highest BCUT2D eigenvalue weighted by molar-refractivity contribution is 5.24. The van der Waals surface area contributed by atoms with E-state index >= 15 is 0 Å². The minimum atomic E-state index is 0.621. The third kappa shape index (κ3) is 4.91. The molecule has 0 spiro atoms. The monoisotopic (exact) mass is 233 g/mol. The first-order valence-corrected chi connectivity index (χ1v) is 6.78. The van der Waals surface area contributed by atoms with Gasteiger partial charge in [-0.05, 0) is 43.3 Å². The topological polar surface area (TPSA) is 12.0 Å². The highest BCUT2D eigenvalue weighted by Gasteiger charge is 2.13. The first-order valence-electron chi connectivity index (χ1n) is 6.78. The van der Waals surface area contributed by atoms with Gasteiger partial charge in [-0.1, -0.05) is 57.5 Å². The van der Waals surface area contributed by atoms with Crippen molar-refractivity contribution in [3.05, 3.63) is 35.4 Å². The maximum Gasteiger partial charge on any atom is -0.00173 e. The van der Waals surface area contributed by atoms with Gasteiger partial charge in [0.05, 0.1) is 0 Å². The van der Waals surface area contributed by atoms with Gasteiger partial charge in [-0.3, -0.25) is 0 Å². The molecule has 0 amide bonds. The zero-order valence-electron chi connectivity index (χ0n) is 12.0. The molecule has 1 N–H and O–H groups in total. The summed E-state index contributed by atoms with van der Waals surface area (Å²) in [7, 11) is 0. The Hall–Kier alpha value is -0.820. The van der Waals surface area contributed by atoms with Crippen LogP contribution in [-0.2, 0) is 0 Å². The molecule has 0 fully saturated rings. The molecule has 0 aromatic heterocycles. The molecule has 1 heteroatoms. The molecule has 1 aromatic carbocycles. The van der Waals surface area contributed by atoms with E-state index in [0.29, 0.717) is 11.8 Å². The van der Waals surface area contributed by atoms with E-state index in [1.807, 2.05) is 0 Å². The van der Waals surface area contributed by atoms with Crippen molar-refractivity contribution in [1.82, 2.24) is 5.32 Å². The summed E-state index contributed by atoms with van der Waals surface area (Å²) in [6, 6.07) is 8.94. The summed E-state index contributed by atoms with van der Waals surface area (Å²) in [6.07, 6.45) is 0. The average Bonchev–Trinajstić information content (AvgIpc) is 2.28. The van der Waals surface area contributed by atoms with Gasteiger partial charge in [-0.2, -0.15) is 0 Å². The third-order valence-electron chi connectivity index (χ3n) is 3.48. The van der Waals surface area contributed by atoms with E-state index in [4.69, 9.17) is 0 Å².